The smallest absolute Gasteiger partial charge is 0.180 e. The van der Waals surface area contributed by atoms with Gasteiger partial charge in [0.1, 0.15) is 4.88 Å². The largest absolute Gasteiger partial charge is 0.355 e. The van der Waals surface area contributed by atoms with Crippen LogP contribution in [0.3, 0.4) is 0 Å². The maximum absolute atomic E-state index is 5.45. The summed E-state index contributed by atoms with van der Waals surface area (Å²) in [6, 6.07) is 4.30. The quantitative estimate of drug-likeness (QED) is 0.670. The summed E-state index contributed by atoms with van der Waals surface area (Å²) in [6.45, 7) is 9.56. The first-order valence-electron chi connectivity index (χ1n) is 8.64. The molecule has 0 saturated carbocycles. The van der Waals surface area contributed by atoms with Crippen LogP contribution in [0.2, 0.25) is 0 Å². The molecule has 3 aromatic rings. The number of hydrogen-bond donors (Lipinski definition) is 0. The van der Waals surface area contributed by atoms with Crippen LogP contribution in [0.4, 0.5) is 0 Å². The van der Waals surface area contributed by atoms with Gasteiger partial charge in [-0.25, -0.2) is 0 Å². The van der Waals surface area contributed by atoms with Crippen LogP contribution in [-0.4, -0.2) is 32.7 Å². The van der Waals surface area contributed by atoms with E-state index in [0.29, 0.717) is 5.92 Å². The SMILES string of the molecule is Cc1cc(-c2snnc2[C@@H]2CCCN(Cc3cc(C)sc3C)C2)on1. The van der Waals surface area contributed by atoms with E-state index in [9.17, 15) is 0 Å². The van der Waals surface area contributed by atoms with Crippen molar-refractivity contribution < 1.29 is 4.52 Å². The summed E-state index contributed by atoms with van der Waals surface area (Å²) >= 11 is 3.30. The maximum atomic E-state index is 5.45. The van der Waals surface area contributed by atoms with E-state index in [1.807, 2.05) is 24.3 Å². The highest BCUT2D eigenvalue weighted by Gasteiger charge is 2.28. The second-order valence-corrected chi connectivity index (χ2v) is 9.05. The maximum Gasteiger partial charge on any atom is 0.180 e. The van der Waals surface area contributed by atoms with Crippen LogP contribution in [0.25, 0.3) is 10.6 Å². The van der Waals surface area contributed by atoms with Crippen molar-refractivity contribution in [2.75, 3.05) is 13.1 Å². The predicted molar refractivity (Wildman–Crippen MR) is 101 cm³/mol. The van der Waals surface area contributed by atoms with Crippen LogP contribution in [-0.2, 0) is 6.54 Å². The molecule has 3 aromatic heterocycles. The van der Waals surface area contributed by atoms with E-state index >= 15 is 0 Å². The van der Waals surface area contributed by atoms with E-state index in [4.69, 9.17) is 4.52 Å². The molecule has 1 aliphatic rings. The zero-order valence-electron chi connectivity index (χ0n) is 14.8. The molecule has 0 amide bonds. The molecule has 1 aliphatic heterocycles. The summed E-state index contributed by atoms with van der Waals surface area (Å²) < 4.78 is 9.65. The lowest BCUT2D eigenvalue weighted by atomic mass is 9.93. The van der Waals surface area contributed by atoms with Gasteiger partial charge in [-0.1, -0.05) is 9.64 Å². The fraction of sp³-hybridized carbons (Fsp3) is 0.500. The van der Waals surface area contributed by atoms with Crippen molar-refractivity contribution >= 4 is 22.9 Å². The minimum absolute atomic E-state index is 0.410. The van der Waals surface area contributed by atoms with E-state index < -0.39 is 0 Å². The molecular weight excluding hydrogens is 352 g/mol. The number of likely N-dealkylation sites (tertiary alicyclic amines) is 1. The number of thiophene rings is 1. The second-order valence-electron chi connectivity index (χ2n) is 6.83. The molecule has 1 atom stereocenters. The monoisotopic (exact) mass is 374 g/mol. The molecule has 1 saturated heterocycles. The van der Waals surface area contributed by atoms with Gasteiger partial charge in [0, 0.05) is 34.8 Å². The van der Waals surface area contributed by atoms with Gasteiger partial charge >= 0.3 is 0 Å². The third kappa shape index (κ3) is 3.54. The van der Waals surface area contributed by atoms with Crippen molar-refractivity contribution in [1.82, 2.24) is 19.6 Å². The molecule has 0 bridgehead atoms. The normalized spacial score (nSPS) is 18.8. The highest BCUT2D eigenvalue weighted by Crippen LogP contribution is 2.36. The molecular formula is C18H22N4OS2. The summed E-state index contributed by atoms with van der Waals surface area (Å²) in [5, 5.41) is 8.45. The van der Waals surface area contributed by atoms with Gasteiger partial charge in [-0.05, 0) is 63.3 Å². The number of hydrogen-bond acceptors (Lipinski definition) is 7. The molecule has 5 nitrogen and oxygen atoms in total. The highest BCUT2D eigenvalue weighted by molar-refractivity contribution is 7.12. The van der Waals surface area contributed by atoms with Crippen molar-refractivity contribution in [3.05, 3.63) is 38.8 Å². The summed E-state index contributed by atoms with van der Waals surface area (Å²) in [4.78, 5) is 6.42. The molecule has 1 fully saturated rings. The Bertz CT molecular complexity index is 866. The van der Waals surface area contributed by atoms with Crippen molar-refractivity contribution in [1.29, 1.82) is 0 Å². The van der Waals surface area contributed by atoms with Gasteiger partial charge in [0.05, 0.1) is 11.4 Å². The van der Waals surface area contributed by atoms with Crippen molar-refractivity contribution in [2.45, 2.75) is 46.1 Å². The van der Waals surface area contributed by atoms with Gasteiger partial charge in [-0.3, -0.25) is 4.90 Å². The van der Waals surface area contributed by atoms with Gasteiger partial charge < -0.3 is 4.52 Å². The Morgan fingerprint density at radius 2 is 2.16 bits per heavy atom. The van der Waals surface area contributed by atoms with Crippen LogP contribution >= 0.6 is 22.9 Å². The summed E-state index contributed by atoms with van der Waals surface area (Å²) in [5.74, 6) is 1.21. The van der Waals surface area contributed by atoms with Crippen LogP contribution in [0.15, 0.2) is 16.7 Å². The molecule has 25 heavy (non-hydrogen) atoms. The zero-order valence-corrected chi connectivity index (χ0v) is 16.4. The third-order valence-electron chi connectivity index (χ3n) is 4.80. The minimum atomic E-state index is 0.410. The number of nitrogens with zero attached hydrogens (tertiary/aromatic N) is 4. The summed E-state index contributed by atoms with van der Waals surface area (Å²) in [6.07, 6.45) is 2.35. The number of rotatable bonds is 4. The molecule has 0 unspecified atom stereocenters. The zero-order chi connectivity index (χ0) is 17.4. The first-order valence-corrected chi connectivity index (χ1v) is 10.2. The van der Waals surface area contributed by atoms with Gasteiger partial charge in [-0.2, -0.15) is 0 Å². The Hall–Kier alpha value is -1.57. The van der Waals surface area contributed by atoms with Crippen molar-refractivity contribution in [3.8, 4) is 10.6 Å². The third-order valence-corrected chi connectivity index (χ3v) is 6.56. The molecule has 0 aliphatic carbocycles. The van der Waals surface area contributed by atoms with Crippen LogP contribution in [0.5, 0.6) is 0 Å². The van der Waals surface area contributed by atoms with E-state index in [1.54, 1.807) is 0 Å². The number of aryl methyl sites for hydroxylation is 3. The topological polar surface area (TPSA) is 55.1 Å². The molecule has 4 heterocycles. The van der Waals surface area contributed by atoms with Crippen LogP contribution in [0, 0.1) is 20.8 Å². The lowest BCUT2D eigenvalue weighted by Gasteiger charge is -2.32. The van der Waals surface area contributed by atoms with Gasteiger partial charge in [0.25, 0.3) is 0 Å². The highest BCUT2D eigenvalue weighted by atomic mass is 32.1. The Labute approximate surface area is 155 Å². The van der Waals surface area contributed by atoms with E-state index in [-0.39, 0.29) is 0 Å². The fourth-order valence-corrected chi connectivity index (χ4v) is 5.25. The molecule has 0 radical (unpaired) electrons. The molecule has 7 heteroatoms. The average Bonchev–Trinajstić information content (AvgIpc) is 3.28. The summed E-state index contributed by atoms with van der Waals surface area (Å²) in [7, 11) is 0. The fourth-order valence-electron chi connectivity index (χ4n) is 3.61. The first kappa shape index (κ1) is 16.9. The molecule has 0 spiro atoms. The lowest BCUT2D eigenvalue weighted by molar-refractivity contribution is 0.198. The number of aromatic nitrogens is 3. The lowest BCUT2D eigenvalue weighted by Crippen LogP contribution is -2.34. The Morgan fingerprint density at radius 3 is 2.88 bits per heavy atom. The standard InChI is InChI=1S/C18H22N4OS2/c1-11-7-16(23-20-11)18-17(19-21-25-18)14-5-4-6-22(9-14)10-15-8-12(2)24-13(15)3/h7-8,14H,4-6,9-10H2,1-3H3/t14-/m1/s1. The van der Waals surface area contributed by atoms with Crippen LogP contribution < -0.4 is 0 Å². The van der Waals surface area contributed by atoms with Gasteiger partial charge in [-0.15, -0.1) is 16.4 Å². The first-order chi connectivity index (χ1) is 12.1. The van der Waals surface area contributed by atoms with Gasteiger partial charge in [0.15, 0.2) is 5.76 Å². The second kappa shape index (κ2) is 6.97. The Morgan fingerprint density at radius 1 is 1.28 bits per heavy atom. The number of piperidine rings is 1. The predicted octanol–water partition coefficient (Wildman–Crippen LogP) is 4.56. The Balaban J connectivity index is 1.52. The van der Waals surface area contributed by atoms with Crippen molar-refractivity contribution in [2.24, 2.45) is 0 Å². The van der Waals surface area contributed by atoms with Gasteiger partial charge in [0.2, 0.25) is 0 Å². The average molecular weight is 375 g/mol. The molecule has 0 aromatic carbocycles. The van der Waals surface area contributed by atoms with Crippen molar-refractivity contribution in [3.63, 3.8) is 0 Å². The summed E-state index contributed by atoms with van der Waals surface area (Å²) in [5.41, 5.74) is 3.43. The Kier molecular flexibility index (Phi) is 4.71. The van der Waals surface area contributed by atoms with E-state index in [0.717, 1.165) is 48.1 Å². The van der Waals surface area contributed by atoms with Crippen LogP contribution in [0.1, 0.15) is 45.5 Å². The van der Waals surface area contributed by atoms with E-state index in [2.05, 4.69) is 39.6 Å². The van der Waals surface area contributed by atoms with E-state index in [1.165, 1.54) is 33.3 Å². The molecule has 4 rings (SSSR count). The molecule has 132 valence electrons. The molecule has 0 N–H and O–H groups in total. The minimum Gasteiger partial charge on any atom is -0.355 e.